The first-order valence-corrected chi connectivity index (χ1v) is 9.80. The van der Waals surface area contributed by atoms with Crippen molar-refractivity contribution in [1.82, 2.24) is 5.32 Å². The van der Waals surface area contributed by atoms with E-state index >= 15 is 0 Å². The molecule has 0 atom stereocenters. The molecular formula is C15H15ClN2O5S2. The van der Waals surface area contributed by atoms with Crippen LogP contribution in [0.3, 0.4) is 0 Å². The first kappa shape index (κ1) is 19.4. The number of carbonyl (C=O) groups excluding carboxylic acids is 2. The van der Waals surface area contributed by atoms with Crippen LogP contribution >= 0.6 is 22.9 Å². The number of halogens is 1. The molecule has 0 unspecified atom stereocenters. The summed E-state index contributed by atoms with van der Waals surface area (Å²) < 4.78 is 27.6. The van der Waals surface area contributed by atoms with Crippen molar-refractivity contribution in [2.45, 2.75) is 11.3 Å². The van der Waals surface area contributed by atoms with Crippen molar-refractivity contribution in [3.63, 3.8) is 0 Å². The van der Waals surface area contributed by atoms with Gasteiger partial charge in [-0.3, -0.25) is 4.79 Å². The van der Waals surface area contributed by atoms with Crippen molar-refractivity contribution in [2.24, 2.45) is 5.14 Å². The van der Waals surface area contributed by atoms with Crippen LogP contribution in [0.5, 0.6) is 0 Å². The molecule has 1 aromatic heterocycles. The second-order valence-electron chi connectivity index (χ2n) is 4.97. The summed E-state index contributed by atoms with van der Waals surface area (Å²) in [6, 6.07) is 9.14. The topological polar surface area (TPSA) is 116 Å². The minimum atomic E-state index is -3.72. The Morgan fingerprint density at radius 3 is 2.40 bits per heavy atom. The molecule has 0 aliphatic rings. The average Bonchev–Trinajstić information content (AvgIpc) is 2.99. The monoisotopic (exact) mass is 402 g/mol. The van der Waals surface area contributed by atoms with Crippen LogP contribution in [0, 0.1) is 0 Å². The SMILES string of the molecule is NS(=O)(=O)c1ccc(CCNC(=O)COC(=O)c2ccc(Cl)s2)cc1. The lowest BCUT2D eigenvalue weighted by molar-refractivity contribution is -0.124. The molecule has 10 heteroatoms. The van der Waals surface area contributed by atoms with Crippen LogP contribution in [0.4, 0.5) is 0 Å². The summed E-state index contributed by atoms with van der Waals surface area (Å²) in [5.41, 5.74) is 0.831. The minimum Gasteiger partial charge on any atom is -0.451 e. The summed E-state index contributed by atoms with van der Waals surface area (Å²) in [5, 5.41) is 7.62. The Morgan fingerprint density at radius 2 is 1.84 bits per heavy atom. The van der Waals surface area contributed by atoms with Crippen molar-refractivity contribution in [2.75, 3.05) is 13.2 Å². The van der Waals surface area contributed by atoms with Crippen LogP contribution in [0.2, 0.25) is 4.34 Å². The van der Waals surface area contributed by atoms with E-state index in [0.717, 1.165) is 16.9 Å². The lowest BCUT2D eigenvalue weighted by atomic mass is 10.1. The maximum absolute atomic E-state index is 11.7. The van der Waals surface area contributed by atoms with E-state index in [0.29, 0.717) is 22.2 Å². The van der Waals surface area contributed by atoms with Crippen LogP contribution in [-0.4, -0.2) is 33.4 Å². The van der Waals surface area contributed by atoms with Crippen LogP contribution in [0.1, 0.15) is 15.2 Å². The van der Waals surface area contributed by atoms with Crippen LogP contribution < -0.4 is 10.5 Å². The molecule has 0 bridgehead atoms. The van der Waals surface area contributed by atoms with Gasteiger partial charge in [0.2, 0.25) is 10.0 Å². The third-order valence-electron chi connectivity index (χ3n) is 3.10. The number of amides is 1. The lowest BCUT2D eigenvalue weighted by Gasteiger charge is -2.06. The summed E-state index contributed by atoms with van der Waals surface area (Å²) in [5.74, 6) is -1.04. The molecule has 25 heavy (non-hydrogen) atoms. The number of hydrogen-bond donors (Lipinski definition) is 2. The second-order valence-corrected chi connectivity index (χ2v) is 8.25. The Kier molecular flexibility index (Phi) is 6.54. The molecule has 0 aliphatic carbocycles. The van der Waals surface area contributed by atoms with Gasteiger partial charge in [0.05, 0.1) is 9.23 Å². The Hall–Kier alpha value is -1.94. The van der Waals surface area contributed by atoms with Crippen molar-refractivity contribution >= 4 is 44.8 Å². The number of ether oxygens (including phenoxy) is 1. The molecule has 0 saturated carbocycles. The quantitative estimate of drug-likeness (QED) is 0.682. The number of primary sulfonamides is 1. The fourth-order valence-electron chi connectivity index (χ4n) is 1.87. The smallest absolute Gasteiger partial charge is 0.348 e. The van der Waals surface area contributed by atoms with E-state index in [4.69, 9.17) is 21.5 Å². The highest BCUT2D eigenvalue weighted by atomic mass is 35.5. The fourth-order valence-corrected chi connectivity index (χ4v) is 3.32. The number of thiophene rings is 1. The van der Waals surface area contributed by atoms with Gasteiger partial charge in [-0.05, 0) is 36.2 Å². The number of benzene rings is 1. The minimum absolute atomic E-state index is 0.0286. The Morgan fingerprint density at radius 1 is 1.16 bits per heavy atom. The number of rotatable bonds is 7. The van der Waals surface area contributed by atoms with Gasteiger partial charge in [-0.15, -0.1) is 11.3 Å². The Balaban J connectivity index is 1.72. The zero-order valence-electron chi connectivity index (χ0n) is 12.9. The van der Waals surface area contributed by atoms with Crippen LogP contribution in [0.25, 0.3) is 0 Å². The van der Waals surface area contributed by atoms with Gasteiger partial charge in [-0.2, -0.15) is 0 Å². The van der Waals surface area contributed by atoms with Crippen molar-refractivity contribution in [1.29, 1.82) is 0 Å². The normalized spacial score (nSPS) is 11.1. The van der Waals surface area contributed by atoms with E-state index in [9.17, 15) is 18.0 Å². The van der Waals surface area contributed by atoms with E-state index in [1.54, 1.807) is 18.2 Å². The van der Waals surface area contributed by atoms with E-state index in [1.807, 2.05) is 0 Å². The molecule has 0 saturated heterocycles. The van der Waals surface area contributed by atoms with Gasteiger partial charge >= 0.3 is 5.97 Å². The van der Waals surface area contributed by atoms with E-state index in [2.05, 4.69) is 5.32 Å². The molecule has 7 nitrogen and oxygen atoms in total. The maximum Gasteiger partial charge on any atom is 0.348 e. The summed E-state index contributed by atoms with van der Waals surface area (Å²) in [6.07, 6.45) is 0.491. The first-order chi connectivity index (χ1) is 11.8. The maximum atomic E-state index is 11.7. The van der Waals surface area contributed by atoms with Crippen molar-refractivity contribution in [3.8, 4) is 0 Å². The lowest BCUT2D eigenvalue weighted by Crippen LogP contribution is -2.30. The molecule has 1 amide bonds. The zero-order chi connectivity index (χ0) is 18.4. The molecule has 1 aromatic carbocycles. The highest BCUT2D eigenvalue weighted by Crippen LogP contribution is 2.21. The van der Waals surface area contributed by atoms with Gasteiger partial charge in [0, 0.05) is 6.54 Å². The highest BCUT2D eigenvalue weighted by Gasteiger charge is 2.12. The molecule has 0 fully saturated rings. The molecule has 0 radical (unpaired) electrons. The van der Waals surface area contributed by atoms with E-state index in [-0.39, 0.29) is 4.90 Å². The van der Waals surface area contributed by atoms with E-state index in [1.165, 1.54) is 18.2 Å². The second kappa shape index (κ2) is 8.43. The molecule has 0 spiro atoms. The van der Waals surface area contributed by atoms with Gasteiger partial charge in [0.1, 0.15) is 4.88 Å². The first-order valence-electron chi connectivity index (χ1n) is 7.06. The summed E-state index contributed by atoms with van der Waals surface area (Å²) in [7, 11) is -3.72. The standard InChI is InChI=1S/C15H15ClN2O5S2/c16-13-6-5-12(24-13)15(20)23-9-14(19)18-8-7-10-1-3-11(4-2-10)25(17,21)22/h1-6H,7-9H2,(H,18,19)(H2,17,21,22). The number of sulfonamides is 1. The molecule has 3 N–H and O–H groups in total. The molecule has 134 valence electrons. The van der Waals surface area contributed by atoms with E-state index < -0.39 is 28.5 Å². The van der Waals surface area contributed by atoms with Gasteiger partial charge in [-0.1, -0.05) is 23.7 Å². The molecular weight excluding hydrogens is 388 g/mol. The highest BCUT2D eigenvalue weighted by molar-refractivity contribution is 7.89. The molecule has 0 aliphatic heterocycles. The average molecular weight is 403 g/mol. The van der Waals surface area contributed by atoms with Crippen molar-refractivity contribution < 1.29 is 22.7 Å². The summed E-state index contributed by atoms with van der Waals surface area (Å²) >= 11 is 6.79. The van der Waals surface area contributed by atoms with Crippen molar-refractivity contribution in [3.05, 3.63) is 51.2 Å². The molecule has 2 aromatic rings. The third-order valence-corrected chi connectivity index (χ3v) is 5.24. The largest absolute Gasteiger partial charge is 0.451 e. The third kappa shape index (κ3) is 6.13. The summed E-state index contributed by atoms with van der Waals surface area (Å²) in [6.45, 7) is -0.0748. The number of nitrogens with two attached hydrogens (primary N) is 1. The predicted octanol–water partition coefficient (Wildman–Crippen LogP) is 1.56. The van der Waals surface area contributed by atoms with Gasteiger partial charge in [-0.25, -0.2) is 18.4 Å². The Bertz CT molecular complexity index is 862. The van der Waals surface area contributed by atoms with Crippen LogP contribution in [0.15, 0.2) is 41.3 Å². The Labute approximate surface area is 153 Å². The fraction of sp³-hybridized carbons (Fsp3) is 0.200. The van der Waals surface area contributed by atoms with Gasteiger partial charge < -0.3 is 10.1 Å². The number of carbonyl (C=O) groups is 2. The summed E-state index contributed by atoms with van der Waals surface area (Å²) in [4.78, 5) is 23.7. The number of hydrogen-bond acceptors (Lipinski definition) is 6. The van der Waals surface area contributed by atoms with Crippen LogP contribution in [-0.2, 0) is 26.0 Å². The zero-order valence-corrected chi connectivity index (χ0v) is 15.3. The number of esters is 1. The molecule has 2 rings (SSSR count). The van der Waals surface area contributed by atoms with Gasteiger partial charge in [0.25, 0.3) is 5.91 Å². The molecule has 1 heterocycles. The van der Waals surface area contributed by atoms with Gasteiger partial charge in [0.15, 0.2) is 6.61 Å². The number of nitrogens with one attached hydrogen (secondary N) is 1. The predicted molar refractivity (Wildman–Crippen MR) is 94.1 cm³/mol.